The fourth-order valence-corrected chi connectivity index (χ4v) is 2.71. The second-order valence-electron chi connectivity index (χ2n) is 4.85. The molecule has 0 spiro atoms. The third-order valence-electron chi connectivity index (χ3n) is 3.51. The van der Waals surface area contributed by atoms with Crippen LogP contribution in [0.15, 0.2) is 17.5 Å². The summed E-state index contributed by atoms with van der Waals surface area (Å²) in [5.74, 6) is 0.519. The van der Waals surface area contributed by atoms with E-state index in [1.165, 1.54) is 4.88 Å². The van der Waals surface area contributed by atoms with Gasteiger partial charge in [-0.3, -0.25) is 4.79 Å². The standard InChI is InChI=1S/C14H24N2OS/c1-4-12(10-15)9-14(17)16(3)11(2)8-13-6-5-7-18-13/h5-7,11-12H,4,8-10,15H2,1-3H3. The Bertz CT molecular complexity index is 347. The molecule has 1 rings (SSSR count). The average molecular weight is 268 g/mol. The van der Waals surface area contributed by atoms with Crippen molar-refractivity contribution in [1.82, 2.24) is 4.90 Å². The van der Waals surface area contributed by atoms with Crippen molar-refractivity contribution in [3.63, 3.8) is 0 Å². The number of hydrogen-bond donors (Lipinski definition) is 1. The lowest BCUT2D eigenvalue weighted by Crippen LogP contribution is -2.37. The zero-order valence-corrected chi connectivity index (χ0v) is 12.4. The lowest BCUT2D eigenvalue weighted by molar-refractivity contribution is -0.132. The maximum Gasteiger partial charge on any atom is 0.222 e. The van der Waals surface area contributed by atoms with Crippen molar-refractivity contribution in [3.05, 3.63) is 22.4 Å². The molecule has 3 nitrogen and oxygen atoms in total. The van der Waals surface area contributed by atoms with E-state index < -0.39 is 0 Å². The maximum absolute atomic E-state index is 12.1. The van der Waals surface area contributed by atoms with Crippen LogP contribution in [0.2, 0.25) is 0 Å². The van der Waals surface area contributed by atoms with Gasteiger partial charge in [-0.1, -0.05) is 19.4 Å². The Morgan fingerprint density at radius 3 is 2.78 bits per heavy atom. The summed E-state index contributed by atoms with van der Waals surface area (Å²) in [5.41, 5.74) is 5.65. The highest BCUT2D eigenvalue weighted by Gasteiger charge is 2.19. The summed E-state index contributed by atoms with van der Waals surface area (Å²) < 4.78 is 0. The molecule has 1 heterocycles. The minimum absolute atomic E-state index is 0.205. The Labute approximate surface area is 114 Å². The molecule has 0 bridgehead atoms. The summed E-state index contributed by atoms with van der Waals surface area (Å²) in [5, 5.41) is 2.07. The van der Waals surface area contributed by atoms with E-state index in [0.29, 0.717) is 18.9 Å². The first kappa shape index (κ1) is 15.2. The van der Waals surface area contributed by atoms with Crippen molar-refractivity contribution < 1.29 is 4.79 Å². The normalized spacial score (nSPS) is 14.2. The summed E-state index contributed by atoms with van der Waals surface area (Å²) in [6, 6.07) is 4.41. The van der Waals surface area contributed by atoms with E-state index in [0.717, 1.165) is 12.8 Å². The van der Waals surface area contributed by atoms with Crippen LogP contribution in [-0.4, -0.2) is 30.4 Å². The molecule has 18 heavy (non-hydrogen) atoms. The molecule has 2 unspecified atom stereocenters. The zero-order valence-electron chi connectivity index (χ0n) is 11.6. The van der Waals surface area contributed by atoms with Gasteiger partial charge in [0.05, 0.1) is 0 Å². The molecule has 0 radical (unpaired) electrons. The van der Waals surface area contributed by atoms with Gasteiger partial charge in [-0.2, -0.15) is 0 Å². The maximum atomic E-state index is 12.1. The summed E-state index contributed by atoms with van der Waals surface area (Å²) in [4.78, 5) is 15.3. The van der Waals surface area contributed by atoms with E-state index in [1.807, 2.05) is 11.9 Å². The predicted molar refractivity (Wildman–Crippen MR) is 77.7 cm³/mol. The van der Waals surface area contributed by atoms with Gasteiger partial charge in [0.2, 0.25) is 5.91 Å². The Hall–Kier alpha value is -0.870. The first-order valence-corrected chi connectivity index (χ1v) is 7.44. The number of carbonyl (C=O) groups excluding carboxylic acids is 1. The largest absolute Gasteiger partial charge is 0.343 e. The molecular formula is C14H24N2OS. The fraction of sp³-hybridized carbons (Fsp3) is 0.643. The smallest absolute Gasteiger partial charge is 0.222 e. The number of carbonyl (C=O) groups is 1. The highest BCUT2D eigenvalue weighted by atomic mass is 32.1. The van der Waals surface area contributed by atoms with Crippen LogP contribution in [0.3, 0.4) is 0 Å². The number of nitrogens with two attached hydrogens (primary N) is 1. The monoisotopic (exact) mass is 268 g/mol. The van der Waals surface area contributed by atoms with E-state index in [1.54, 1.807) is 11.3 Å². The van der Waals surface area contributed by atoms with Crippen LogP contribution in [0.25, 0.3) is 0 Å². The van der Waals surface area contributed by atoms with E-state index >= 15 is 0 Å². The Morgan fingerprint density at radius 1 is 1.56 bits per heavy atom. The predicted octanol–water partition coefficient (Wildman–Crippen LogP) is 2.51. The molecular weight excluding hydrogens is 244 g/mol. The summed E-state index contributed by atoms with van der Waals surface area (Å²) >= 11 is 1.75. The van der Waals surface area contributed by atoms with E-state index in [4.69, 9.17) is 5.73 Å². The lowest BCUT2D eigenvalue weighted by Gasteiger charge is -2.26. The van der Waals surface area contributed by atoms with Gasteiger partial charge in [-0.15, -0.1) is 11.3 Å². The molecule has 0 saturated carbocycles. The van der Waals surface area contributed by atoms with Crippen LogP contribution in [0.5, 0.6) is 0 Å². The van der Waals surface area contributed by atoms with Gasteiger partial charge in [0.1, 0.15) is 0 Å². The van der Waals surface area contributed by atoms with Gasteiger partial charge in [-0.05, 0) is 30.8 Å². The lowest BCUT2D eigenvalue weighted by atomic mass is 10.0. The third-order valence-corrected chi connectivity index (χ3v) is 4.40. The summed E-state index contributed by atoms with van der Waals surface area (Å²) in [6.45, 7) is 4.77. The van der Waals surface area contributed by atoms with Crippen molar-refractivity contribution in [3.8, 4) is 0 Å². The summed E-state index contributed by atoms with van der Waals surface area (Å²) in [7, 11) is 1.89. The number of nitrogens with zero attached hydrogens (tertiary/aromatic N) is 1. The Balaban J connectivity index is 2.47. The van der Waals surface area contributed by atoms with Gasteiger partial charge in [0.25, 0.3) is 0 Å². The van der Waals surface area contributed by atoms with Crippen LogP contribution in [0.1, 0.15) is 31.6 Å². The molecule has 1 aromatic rings. The minimum atomic E-state index is 0.205. The second-order valence-corrected chi connectivity index (χ2v) is 5.88. The minimum Gasteiger partial charge on any atom is -0.343 e. The van der Waals surface area contributed by atoms with Gasteiger partial charge >= 0.3 is 0 Å². The SMILES string of the molecule is CCC(CN)CC(=O)N(C)C(C)Cc1cccs1. The van der Waals surface area contributed by atoms with Gasteiger partial charge in [0, 0.05) is 30.8 Å². The molecule has 0 fully saturated rings. The number of hydrogen-bond acceptors (Lipinski definition) is 3. The van der Waals surface area contributed by atoms with Crippen molar-refractivity contribution in [2.45, 2.75) is 39.2 Å². The van der Waals surface area contributed by atoms with E-state index in [-0.39, 0.29) is 11.9 Å². The molecule has 1 amide bonds. The van der Waals surface area contributed by atoms with Crippen LogP contribution in [0.4, 0.5) is 0 Å². The van der Waals surface area contributed by atoms with Crippen molar-refractivity contribution in [2.75, 3.05) is 13.6 Å². The molecule has 2 atom stereocenters. The van der Waals surface area contributed by atoms with Gasteiger partial charge in [0.15, 0.2) is 0 Å². The first-order valence-electron chi connectivity index (χ1n) is 6.56. The first-order chi connectivity index (χ1) is 8.58. The van der Waals surface area contributed by atoms with Crippen LogP contribution >= 0.6 is 11.3 Å². The van der Waals surface area contributed by atoms with Crippen molar-refractivity contribution >= 4 is 17.2 Å². The molecule has 2 N–H and O–H groups in total. The molecule has 0 saturated heterocycles. The molecule has 102 valence electrons. The number of amides is 1. The van der Waals surface area contributed by atoms with Crippen molar-refractivity contribution in [2.24, 2.45) is 11.7 Å². The van der Waals surface area contributed by atoms with Gasteiger partial charge in [-0.25, -0.2) is 0 Å². The van der Waals surface area contributed by atoms with Crippen LogP contribution < -0.4 is 5.73 Å². The van der Waals surface area contributed by atoms with Crippen LogP contribution in [0, 0.1) is 5.92 Å². The fourth-order valence-electron chi connectivity index (χ4n) is 1.89. The van der Waals surface area contributed by atoms with Gasteiger partial charge < -0.3 is 10.6 Å². The second kappa shape index (κ2) is 7.54. The molecule has 0 aliphatic rings. The topological polar surface area (TPSA) is 46.3 Å². The Morgan fingerprint density at radius 2 is 2.28 bits per heavy atom. The molecule has 4 heteroatoms. The molecule has 0 aliphatic carbocycles. The quantitative estimate of drug-likeness (QED) is 0.826. The molecule has 0 aromatic carbocycles. The summed E-state index contributed by atoms with van der Waals surface area (Å²) in [6.07, 6.45) is 2.47. The Kier molecular flexibility index (Phi) is 6.36. The molecule has 1 aromatic heterocycles. The van der Waals surface area contributed by atoms with Crippen LogP contribution in [-0.2, 0) is 11.2 Å². The number of thiophene rings is 1. The molecule has 0 aliphatic heterocycles. The number of likely N-dealkylation sites (N-methyl/N-ethyl adjacent to an activating group) is 1. The average Bonchev–Trinajstić information content (AvgIpc) is 2.87. The number of rotatable bonds is 7. The van der Waals surface area contributed by atoms with E-state index in [2.05, 4.69) is 31.4 Å². The third kappa shape index (κ3) is 4.42. The van der Waals surface area contributed by atoms with Crippen molar-refractivity contribution in [1.29, 1.82) is 0 Å². The zero-order chi connectivity index (χ0) is 13.5. The van der Waals surface area contributed by atoms with E-state index in [9.17, 15) is 4.79 Å². The highest BCUT2D eigenvalue weighted by molar-refractivity contribution is 7.09. The highest BCUT2D eigenvalue weighted by Crippen LogP contribution is 2.15.